The highest BCUT2D eigenvalue weighted by Gasteiger charge is 2.35. The maximum absolute atomic E-state index is 13.2. The summed E-state index contributed by atoms with van der Waals surface area (Å²) in [4.78, 5) is 0.399. The Bertz CT molecular complexity index is 852. The molecule has 0 radical (unpaired) electrons. The van der Waals surface area contributed by atoms with Crippen molar-refractivity contribution < 1.29 is 8.42 Å². The summed E-state index contributed by atoms with van der Waals surface area (Å²) in [6, 6.07) is 15.4. The molecule has 2 aromatic rings. The zero-order valence-corrected chi connectivity index (χ0v) is 15.5. The van der Waals surface area contributed by atoms with E-state index in [0.29, 0.717) is 10.8 Å². The molecular formula is C21H25NO2S. The Morgan fingerprint density at radius 3 is 2.32 bits per heavy atom. The van der Waals surface area contributed by atoms with Gasteiger partial charge in [0.15, 0.2) is 0 Å². The minimum atomic E-state index is -3.52. The van der Waals surface area contributed by atoms with Gasteiger partial charge in [-0.05, 0) is 61.4 Å². The molecule has 4 heteroatoms. The number of sulfonamides is 1. The van der Waals surface area contributed by atoms with Crippen molar-refractivity contribution in [1.29, 1.82) is 0 Å². The third-order valence-corrected chi connectivity index (χ3v) is 7.60. The number of benzene rings is 2. The van der Waals surface area contributed by atoms with E-state index in [4.69, 9.17) is 0 Å². The van der Waals surface area contributed by atoms with Gasteiger partial charge < -0.3 is 0 Å². The number of rotatable bonds is 3. The SMILES string of the molecule is C[C@H]1Cc2ccccc2N1S(=O)(=O)c1ccc(C2CCCCC2)cc1. The molecule has 0 amide bonds. The van der Waals surface area contributed by atoms with Crippen molar-refractivity contribution in [1.82, 2.24) is 0 Å². The number of anilines is 1. The monoisotopic (exact) mass is 355 g/mol. The van der Waals surface area contributed by atoms with Gasteiger partial charge in [-0.15, -0.1) is 0 Å². The molecule has 1 fully saturated rings. The van der Waals surface area contributed by atoms with Gasteiger partial charge >= 0.3 is 0 Å². The molecule has 0 spiro atoms. The molecule has 0 unspecified atom stereocenters. The van der Waals surface area contributed by atoms with Crippen LogP contribution in [-0.2, 0) is 16.4 Å². The third kappa shape index (κ3) is 2.97. The van der Waals surface area contributed by atoms with Crippen molar-refractivity contribution >= 4 is 15.7 Å². The van der Waals surface area contributed by atoms with Crippen LogP contribution in [0.5, 0.6) is 0 Å². The lowest BCUT2D eigenvalue weighted by Crippen LogP contribution is -2.35. The van der Waals surface area contributed by atoms with Crippen LogP contribution >= 0.6 is 0 Å². The molecule has 2 aromatic carbocycles. The first-order chi connectivity index (χ1) is 12.1. The average molecular weight is 356 g/mol. The second kappa shape index (κ2) is 6.49. The van der Waals surface area contributed by atoms with Crippen molar-refractivity contribution in [3.05, 3.63) is 59.7 Å². The summed E-state index contributed by atoms with van der Waals surface area (Å²) in [5, 5.41) is 0. The van der Waals surface area contributed by atoms with Gasteiger partial charge in [0.2, 0.25) is 0 Å². The highest BCUT2D eigenvalue weighted by Crippen LogP contribution is 2.37. The lowest BCUT2D eigenvalue weighted by Gasteiger charge is -2.25. The van der Waals surface area contributed by atoms with Crippen LogP contribution in [0, 0.1) is 0 Å². The highest BCUT2D eigenvalue weighted by atomic mass is 32.2. The molecule has 1 heterocycles. The maximum atomic E-state index is 13.2. The van der Waals surface area contributed by atoms with E-state index in [1.165, 1.54) is 37.7 Å². The summed E-state index contributed by atoms with van der Waals surface area (Å²) in [5.74, 6) is 0.594. The molecule has 0 bridgehead atoms. The summed E-state index contributed by atoms with van der Waals surface area (Å²) >= 11 is 0. The predicted octanol–water partition coefficient (Wildman–Crippen LogP) is 4.87. The topological polar surface area (TPSA) is 37.4 Å². The molecule has 3 nitrogen and oxygen atoms in total. The number of hydrogen-bond acceptors (Lipinski definition) is 2. The Morgan fingerprint density at radius 1 is 0.920 bits per heavy atom. The van der Waals surface area contributed by atoms with E-state index in [-0.39, 0.29) is 6.04 Å². The minimum Gasteiger partial charge on any atom is -0.263 e. The van der Waals surface area contributed by atoms with Gasteiger partial charge in [-0.3, -0.25) is 4.31 Å². The van der Waals surface area contributed by atoms with Gasteiger partial charge in [-0.25, -0.2) is 8.42 Å². The van der Waals surface area contributed by atoms with Crippen LogP contribution in [0.4, 0.5) is 5.69 Å². The third-order valence-electron chi connectivity index (χ3n) is 5.66. The fraction of sp³-hybridized carbons (Fsp3) is 0.429. The van der Waals surface area contributed by atoms with Crippen molar-refractivity contribution in [3.8, 4) is 0 Å². The molecule has 1 saturated carbocycles. The zero-order valence-electron chi connectivity index (χ0n) is 14.7. The zero-order chi connectivity index (χ0) is 17.4. The predicted molar refractivity (Wildman–Crippen MR) is 102 cm³/mol. The van der Waals surface area contributed by atoms with E-state index < -0.39 is 10.0 Å². The van der Waals surface area contributed by atoms with E-state index in [2.05, 4.69) is 0 Å². The van der Waals surface area contributed by atoms with Gasteiger partial charge in [0.1, 0.15) is 0 Å². The van der Waals surface area contributed by atoms with Crippen molar-refractivity contribution in [2.75, 3.05) is 4.31 Å². The Labute approximate surface area is 150 Å². The molecule has 1 aliphatic heterocycles. The first kappa shape index (κ1) is 16.6. The summed E-state index contributed by atoms with van der Waals surface area (Å²) in [6.07, 6.45) is 7.12. The van der Waals surface area contributed by atoms with Crippen molar-refractivity contribution in [3.63, 3.8) is 0 Å². The Morgan fingerprint density at radius 2 is 1.60 bits per heavy atom. The second-order valence-corrected chi connectivity index (χ2v) is 9.20. The fourth-order valence-corrected chi connectivity index (χ4v) is 6.06. The van der Waals surface area contributed by atoms with Gasteiger partial charge in [0.25, 0.3) is 10.0 Å². The van der Waals surface area contributed by atoms with Crippen molar-refractivity contribution in [2.45, 2.75) is 62.3 Å². The Balaban J connectivity index is 1.64. The van der Waals surface area contributed by atoms with Gasteiger partial charge in [-0.1, -0.05) is 49.6 Å². The van der Waals surface area contributed by atoms with Crippen LogP contribution in [0.15, 0.2) is 53.4 Å². The highest BCUT2D eigenvalue weighted by molar-refractivity contribution is 7.92. The van der Waals surface area contributed by atoms with E-state index in [9.17, 15) is 8.42 Å². The maximum Gasteiger partial charge on any atom is 0.264 e. The van der Waals surface area contributed by atoms with E-state index in [1.54, 1.807) is 16.4 Å². The first-order valence-electron chi connectivity index (χ1n) is 9.29. The molecular weight excluding hydrogens is 330 g/mol. The standard InChI is InChI=1S/C21H25NO2S/c1-16-15-19-9-5-6-10-21(19)22(16)25(23,24)20-13-11-18(12-14-20)17-7-3-2-4-8-17/h5-6,9-14,16-17H,2-4,7-8,15H2,1H3/t16-/m0/s1. The molecule has 4 rings (SSSR count). The van der Waals surface area contributed by atoms with Crippen LogP contribution in [0.1, 0.15) is 56.1 Å². The largest absolute Gasteiger partial charge is 0.264 e. The molecule has 0 aromatic heterocycles. The van der Waals surface area contributed by atoms with Gasteiger partial charge in [0.05, 0.1) is 10.6 Å². The quantitative estimate of drug-likeness (QED) is 0.787. The molecule has 2 aliphatic rings. The van der Waals surface area contributed by atoms with Crippen LogP contribution in [0.3, 0.4) is 0 Å². The van der Waals surface area contributed by atoms with Gasteiger partial charge in [-0.2, -0.15) is 0 Å². The number of nitrogens with zero attached hydrogens (tertiary/aromatic N) is 1. The van der Waals surface area contributed by atoms with Crippen LogP contribution in [0.2, 0.25) is 0 Å². The molecule has 1 aliphatic carbocycles. The summed E-state index contributed by atoms with van der Waals surface area (Å²) < 4.78 is 28.0. The van der Waals surface area contributed by atoms with Crippen LogP contribution in [-0.4, -0.2) is 14.5 Å². The Kier molecular flexibility index (Phi) is 4.32. The summed E-state index contributed by atoms with van der Waals surface area (Å²) in [5.41, 5.74) is 3.22. The molecule has 132 valence electrons. The number of para-hydroxylation sites is 1. The Hall–Kier alpha value is -1.81. The fourth-order valence-electron chi connectivity index (χ4n) is 4.36. The number of hydrogen-bond donors (Lipinski definition) is 0. The minimum absolute atomic E-state index is 0.0413. The second-order valence-electron chi connectivity index (χ2n) is 7.39. The molecule has 25 heavy (non-hydrogen) atoms. The first-order valence-corrected chi connectivity index (χ1v) is 10.7. The van der Waals surface area contributed by atoms with Crippen LogP contribution in [0.25, 0.3) is 0 Å². The molecule has 0 N–H and O–H groups in total. The van der Waals surface area contributed by atoms with Crippen LogP contribution < -0.4 is 4.31 Å². The summed E-state index contributed by atoms with van der Waals surface area (Å²) in [7, 11) is -3.52. The number of fused-ring (bicyclic) bond motifs is 1. The van der Waals surface area contributed by atoms with E-state index >= 15 is 0 Å². The molecule has 0 saturated heterocycles. The summed E-state index contributed by atoms with van der Waals surface area (Å²) in [6.45, 7) is 1.98. The van der Waals surface area contributed by atoms with E-state index in [0.717, 1.165) is 17.7 Å². The van der Waals surface area contributed by atoms with E-state index in [1.807, 2.05) is 43.3 Å². The lowest BCUT2D eigenvalue weighted by atomic mass is 9.84. The van der Waals surface area contributed by atoms with Gasteiger partial charge in [0, 0.05) is 6.04 Å². The average Bonchev–Trinajstić information content (AvgIpc) is 2.99. The molecule has 1 atom stereocenters. The normalized spacial score (nSPS) is 21.3. The lowest BCUT2D eigenvalue weighted by molar-refractivity contribution is 0.443. The van der Waals surface area contributed by atoms with Crippen molar-refractivity contribution in [2.24, 2.45) is 0 Å². The smallest absolute Gasteiger partial charge is 0.263 e.